The lowest BCUT2D eigenvalue weighted by atomic mass is 10.1. The van der Waals surface area contributed by atoms with Gasteiger partial charge in [-0.05, 0) is 12.1 Å². The number of aliphatic hydroxyl groups is 1. The van der Waals surface area contributed by atoms with Gasteiger partial charge in [-0.2, -0.15) is 13.2 Å². The molecule has 0 fully saturated rings. The highest BCUT2D eigenvalue weighted by Gasteiger charge is 2.33. The van der Waals surface area contributed by atoms with Crippen molar-refractivity contribution in [1.82, 2.24) is 0 Å². The fraction of sp³-hybridized carbons (Fsp3) is 0.250. The number of anilines is 1. The molecule has 0 heterocycles. The molecule has 0 spiro atoms. The molecule has 2 nitrogen and oxygen atoms in total. The van der Waals surface area contributed by atoms with E-state index in [1.807, 2.05) is 0 Å². The van der Waals surface area contributed by atoms with E-state index in [9.17, 15) is 13.2 Å². The zero-order valence-electron chi connectivity index (χ0n) is 6.90. The summed E-state index contributed by atoms with van der Waals surface area (Å²) in [5, 5.41) is 8.25. The molecule has 0 bridgehead atoms. The van der Waals surface area contributed by atoms with Gasteiger partial charge in [0, 0.05) is 11.3 Å². The Balaban J connectivity index is 3.29. The summed E-state index contributed by atoms with van der Waals surface area (Å²) in [6.07, 6.45) is -4.53. The highest BCUT2D eigenvalue weighted by molar-refractivity contribution is 6.31. The maximum Gasteiger partial charge on any atom is 0.417 e. The zero-order valence-corrected chi connectivity index (χ0v) is 7.65. The Morgan fingerprint density at radius 3 is 2.36 bits per heavy atom. The maximum atomic E-state index is 12.3. The lowest BCUT2D eigenvalue weighted by molar-refractivity contribution is -0.137. The van der Waals surface area contributed by atoms with Crippen LogP contribution in [-0.4, -0.2) is 5.11 Å². The minimum Gasteiger partial charge on any atom is -0.398 e. The fourth-order valence-electron chi connectivity index (χ4n) is 0.985. The molecule has 0 radical (unpaired) electrons. The van der Waals surface area contributed by atoms with Crippen LogP contribution in [0.5, 0.6) is 0 Å². The molecule has 1 aromatic carbocycles. The lowest BCUT2D eigenvalue weighted by Gasteiger charge is -2.11. The van der Waals surface area contributed by atoms with Crippen molar-refractivity contribution in [2.24, 2.45) is 0 Å². The lowest BCUT2D eigenvalue weighted by Crippen LogP contribution is -2.08. The van der Waals surface area contributed by atoms with E-state index in [2.05, 4.69) is 0 Å². The van der Waals surface area contributed by atoms with Crippen molar-refractivity contribution >= 4 is 17.3 Å². The van der Waals surface area contributed by atoms with E-state index in [0.717, 1.165) is 6.07 Å². The maximum absolute atomic E-state index is 12.3. The van der Waals surface area contributed by atoms with Crippen molar-refractivity contribution in [3.8, 4) is 0 Å². The number of halogens is 4. The minimum atomic E-state index is -4.53. The Kier molecular flexibility index (Phi) is 2.92. The highest BCUT2D eigenvalue weighted by Crippen LogP contribution is 2.36. The van der Waals surface area contributed by atoms with Gasteiger partial charge < -0.3 is 10.8 Å². The number of aliphatic hydroxyl groups excluding tert-OH is 1. The summed E-state index contributed by atoms with van der Waals surface area (Å²) in [6, 6.07) is 1.73. The fourth-order valence-corrected chi connectivity index (χ4v) is 1.28. The molecule has 3 N–H and O–H groups in total. The van der Waals surface area contributed by atoms with Gasteiger partial charge in [-0.15, -0.1) is 0 Å². The average Bonchev–Trinajstić information content (AvgIpc) is 2.06. The third kappa shape index (κ3) is 2.10. The van der Waals surface area contributed by atoms with Gasteiger partial charge in [0.1, 0.15) is 0 Å². The van der Waals surface area contributed by atoms with Gasteiger partial charge in [-0.1, -0.05) is 11.6 Å². The summed E-state index contributed by atoms with van der Waals surface area (Å²) in [7, 11) is 0. The van der Waals surface area contributed by atoms with Crippen LogP contribution in [0.2, 0.25) is 5.02 Å². The molecule has 0 saturated heterocycles. The minimum absolute atomic E-state index is 0.121. The van der Waals surface area contributed by atoms with Crippen LogP contribution in [0, 0.1) is 0 Å². The Labute approximate surface area is 83.1 Å². The van der Waals surface area contributed by atoms with E-state index >= 15 is 0 Å². The van der Waals surface area contributed by atoms with Crippen molar-refractivity contribution in [3.63, 3.8) is 0 Å². The van der Waals surface area contributed by atoms with Crippen LogP contribution in [0.15, 0.2) is 12.1 Å². The number of rotatable bonds is 1. The molecule has 6 heteroatoms. The topological polar surface area (TPSA) is 46.2 Å². The first-order valence-electron chi connectivity index (χ1n) is 3.62. The van der Waals surface area contributed by atoms with Crippen LogP contribution in [0.1, 0.15) is 11.1 Å². The normalized spacial score (nSPS) is 11.8. The first-order valence-corrected chi connectivity index (χ1v) is 4.00. The van der Waals surface area contributed by atoms with Crippen LogP contribution in [-0.2, 0) is 12.8 Å². The average molecular weight is 226 g/mol. The molecule has 0 aromatic heterocycles. The third-order valence-corrected chi connectivity index (χ3v) is 2.02. The molecule has 78 valence electrons. The Hall–Kier alpha value is -0.940. The van der Waals surface area contributed by atoms with E-state index in [1.54, 1.807) is 0 Å². The predicted octanol–water partition coefficient (Wildman–Crippen LogP) is 2.43. The first-order chi connectivity index (χ1) is 6.36. The standard InChI is InChI=1S/C8H7ClF3NO/c9-6-1-4(3-14)7(13)2-5(6)8(10,11)12/h1-2,14H,3,13H2. The van der Waals surface area contributed by atoms with Gasteiger partial charge in [0.15, 0.2) is 0 Å². The summed E-state index contributed by atoms with van der Waals surface area (Å²) in [5.41, 5.74) is 4.35. The molecular formula is C8H7ClF3NO. The molecule has 0 amide bonds. The quantitative estimate of drug-likeness (QED) is 0.721. The first kappa shape index (κ1) is 11.1. The zero-order chi connectivity index (χ0) is 10.9. The van der Waals surface area contributed by atoms with Gasteiger partial charge in [-0.25, -0.2) is 0 Å². The van der Waals surface area contributed by atoms with E-state index < -0.39 is 23.4 Å². The third-order valence-electron chi connectivity index (χ3n) is 1.70. The summed E-state index contributed by atoms with van der Waals surface area (Å²) >= 11 is 5.38. The van der Waals surface area contributed by atoms with E-state index in [1.165, 1.54) is 0 Å². The second kappa shape index (κ2) is 3.67. The number of nitrogen functional groups attached to an aromatic ring is 1. The van der Waals surface area contributed by atoms with Gasteiger partial charge in [0.2, 0.25) is 0 Å². The number of alkyl halides is 3. The Bertz CT molecular complexity index is 351. The van der Waals surface area contributed by atoms with E-state index in [-0.39, 0.29) is 11.3 Å². The van der Waals surface area contributed by atoms with E-state index in [4.69, 9.17) is 22.4 Å². The largest absolute Gasteiger partial charge is 0.417 e. The summed E-state index contributed by atoms with van der Waals surface area (Å²) in [5.74, 6) is 0. The molecule has 0 atom stereocenters. The van der Waals surface area contributed by atoms with Crippen LogP contribution in [0.4, 0.5) is 18.9 Å². The van der Waals surface area contributed by atoms with Crippen molar-refractivity contribution in [2.45, 2.75) is 12.8 Å². The Morgan fingerprint density at radius 1 is 1.36 bits per heavy atom. The molecular weight excluding hydrogens is 219 g/mol. The number of hydrogen-bond acceptors (Lipinski definition) is 2. The molecule has 0 aliphatic carbocycles. The second-order valence-electron chi connectivity index (χ2n) is 2.69. The van der Waals surface area contributed by atoms with Gasteiger partial charge in [-0.3, -0.25) is 0 Å². The summed E-state index contributed by atoms with van der Waals surface area (Å²) in [6.45, 7) is -0.441. The van der Waals surface area contributed by atoms with Gasteiger partial charge in [0.25, 0.3) is 0 Å². The number of benzene rings is 1. The van der Waals surface area contributed by atoms with Crippen LogP contribution >= 0.6 is 11.6 Å². The molecule has 0 aliphatic heterocycles. The highest BCUT2D eigenvalue weighted by atomic mass is 35.5. The van der Waals surface area contributed by atoms with E-state index in [0.29, 0.717) is 6.07 Å². The summed E-state index contributed by atoms with van der Waals surface area (Å²) in [4.78, 5) is 0. The molecule has 0 aliphatic rings. The van der Waals surface area contributed by atoms with Gasteiger partial charge >= 0.3 is 6.18 Å². The van der Waals surface area contributed by atoms with Crippen LogP contribution in [0.25, 0.3) is 0 Å². The molecule has 0 saturated carbocycles. The SMILES string of the molecule is Nc1cc(C(F)(F)F)c(Cl)cc1CO. The number of nitrogens with two attached hydrogens (primary N) is 1. The monoisotopic (exact) mass is 225 g/mol. The molecule has 1 rings (SSSR count). The predicted molar refractivity (Wildman–Crippen MR) is 46.8 cm³/mol. The molecule has 1 aromatic rings. The van der Waals surface area contributed by atoms with Crippen LogP contribution in [0.3, 0.4) is 0 Å². The summed E-state index contributed by atoms with van der Waals surface area (Å²) < 4.78 is 36.8. The van der Waals surface area contributed by atoms with Gasteiger partial charge in [0.05, 0.1) is 17.2 Å². The van der Waals surface area contributed by atoms with Crippen molar-refractivity contribution in [2.75, 3.05) is 5.73 Å². The van der Waals surface area contributed by atoms with Crippen LogP contribution < -0.4 is 5.73 Å². The molecule has 14 heavy (non-hydrogen) atoms. The smallest absolute Gasteiger partial charge is 0.398 e. The molecule has 0 unspecified atom stereocenters. The Morgan fingerprint density at radius 2 is 1.93 bits per heavy atom. The van der Waals surface area contributed by atoms with Crippen molar-refractivity contribution < 1.29 is 18.3 Å². The number of hydrogen-bond donors (Lipinski definition) is 2. The second-order valence-corrected chi connectivity index (χ2v) is 3.09. The van der Waals surface area contributed by atoms with Crippen molar-refractivity contribution in [3.05, 3.63) is 28.3 Å². The van der Waals surface area contributed by atoms with Crippen molar-refractivity contribution in [1.29, 1.82) is 0 Å².